The van der Waals surface area contributed by atoms with Gasteiger partial charge in [0, 0.05) is 16.8 Å². The molecular formula is C13H14BrNO3. The number of nitrogens with zero attached hydrogens (tertiary/aromatic N) is 1. The highest BCUT2D eigenvalue weighted by Crippen LogP contribution is 2.27. The van der Waals surface area contributed by atoms with Gasteiger partial charge < -0.3 is 4.74 Å². The monoisotopic (exact) mass is 311 g/mol. The fourth-order valence-corrected chi connectivity index (χ4v) is 2.36. The molecule has 2 rings (SSSR count). The van der Waals surface area contributed by atoms with Gasteiger partial charge in [0.1, 0.15) is 5.75 Å². The fourth-order valence-electron chi connectivity index (χ4n) is 1.98. The molecule has 0 aliphatic carbocycles. The summed E-state index contributed by atoms with van der Waals surface area (Å²) in [6.45, 7) is 2.07. The summed E-state index contributed by atoms with van der Waals surface area (Å²) in [5, 5.41) is 0. The maximum Gasteiger partial charge on any atom is 0.232 e. The lowest BCUT2D eigenvalue weighted by Gasteiger charge is -2.16. The second kappa shape index (κ2) is 5.10. The van der Waals surface area contributed by atoms with Crippen molar-refractivity contribution in [2.24, 2.45) is 5.92 Å². The molecule has 0 aromatic heterocycles. The van der Waals surface area contributed by atoms with Crippen LogP contribution in [0.1, 0.15) is 18.9 Å². The van der Waals surface area contributed by atoms with Crippen molar-refractivity contribution in [2.75, 3.05) is 7.11 Å². The van der Waals surface area contributed by atoms with Gasteiger partial charge in [-0.25, -0.2) is 0 Å². The van der Waals surface area contributed by atoms with Gasteiger partial charge in [0.25, 0.3) is 0 Å². The number of hydrogen-bond donors (Lipinski definition) is 0. The maximum absolute atomic E-state index is 11.8. The van der Waals surface area contributed by atoms with Gasteiger partial charge in [0.15, 0.2) is 0 Å². The Bertz CT molecular complexity index is 501. The van der Waals surface area contributed by atoms with E-state index in [1.165, 1.54) is 4.90 Å². The molecule has 0 bridgehead atoms. The predicted molar refractivity (Wildman–Crippen MR) is 70.0 cm³/mol. The third kappa shape index (κ3) is 2.41. The topological polar surface area (TPSA) is 46.6 Å². The Morgan fingerprint density at radius 1 is 1.44 bits per heavy atom. The molecule has 1 heterocycles. The molecule has 96 valence electrons. The summed E-state index contributed by atoms with van der Waals surface area (Å²) < 4.78 is 6.00. The third-order valence-electron chi connectivity index (χ3n) is 3.05. The maximum atomic E-state index is 11.8. The van der Waals surface area contributed by atoms with Crippen molar-refractivity contribution in [3.05, 3.63) is 28.2 Å². The predicted octanol–water partition coefficient (Wildman–Crippen LogP) is 2.35. The van der Waals surface area contributed by atoms with Crippen LogP contribution in [0.2, 0.25) is 0 Å². The molecule has 1 aliphatic rings. The molecule has 1 unspecified atom stereocenters. The van der Waals surface area contributed by atoms with Crippen LogP contribution < -0.4 is 4.74 Å². The van der Waals surface area contributed by atoms with Crippen LogP contribution in [-0.2, 0) is 16.1 Å². The number of ether oxygens (including phenoxy) is 1. The van der Waals surface area contributed by atoms with Gasteiger partial charge in [-0.3, -0.25) is 14.5 Å². The Hall–Kier alpha value is -1.36. The lowest BCUT2D eigenvalue weighted by atomic mass is 10.1. The van der Waals surface area contributed by atoms with E-state index in [-0.39, 0.29) is 17.7 Å². The Balaban J connectivity index is 2.24. The van der Waals surface area contributed by atoms with Crippen LogP contribution in [-0.4, -0.2) is 23.8 Å². The van der Waals surface area contributed by atoms with Crippen LogP contribution in [0.4, 0.5) is 0 Å². The average Bonchev–Trinajstić information content (AvgIpc) is 2.58. The Morgan fingerprint density at radius 2 is 2.17 bits per heavy atom. The van der Waals surface area contributed by atoms with Gasteiger partial charge in [-0.05, 0) is 23.8 Å². The molecule has 0 radical (unpaired) electrons. The molecule has 0 N–H and O–H groups in total. The Morgan fingerprint density at radius 3 is 2.72 bits per heavy atom. The molecule has 1 saturated heterocycles. The van der Waals surface area contributed by atoms with Crippen molar-refractivity contribution >= 4 is 27.7 Å². The first-order chi connectivity index (χ1) is 8.52. The minimum Gasteiger partial charge on any atom is -0.497 e. The number of amides is 2. The number of likely N-dealkylation sites (tertiary alicyclic amines) is 1. The molecule has 1 aromatic rings. The Kier molecular flexibility index (Phi) is 3.71. The van der Waals surface area contributed by atoms with Crippen molar-refractivity contribution in [3.8, 4) is 5.75 Å². The molecule has 4 nitrogen and oxygen atoms in total. The largest absolute Gasteiger partial charge is 0.497 e. The molecule has 18 heavy (non-hydrogen) atoms. The number of carbonyl (C=O) groups excluding carboxylic acids is 2. The second-order valence-corrected chi connectivity index (χ2v) is 5.23. The minimum absolute atomic E-state index is 0.102. The fraction of sp³-hybridized carbons (Fsp3) is 0.385. The van der Waals surface area contributed by atoms with Crippen LogP contribution in [0.3, 0.4) is 0 Å². The van der Waals surface area contributed by atoms with Gasteiger partial charge in [-0.1, -0.05) is 22.9 Å². The number of rotatable bonds is 3. The molecule has 5 heteroatoms. The van der Waals surface area contributed by atoms with Crippen LogP contribution >= 0.6 is 15.9 Å². The van der Waals surface area contributed by atoms with Crippen molar-refractivity contribution in [3.63, 3.8) is 0 Å². The van der Waals surface area contributed by atoms with Crippen LogP contribution in [0, 0.1) is 5.92 Å². The summed E-state index contributed by atoms with van der Waals surface area (Å²) in [4.78, 5) is 24.9. The number of halogens is 1. The molecule has 1 aromatic carbocycles. The lowest BCUT2D eigenvalue weighted by molar-refractivity contribution is -0.139. The summed E-state index contributed by atoms with van der Waals surface area (Å²) in [5.41, 5.74) is 0.866. The van der Waals surface area contributed by atoms with Gasteiger partial charge in [0.2, 0.25) is 11.8 Å². The van der Waals surface area contributed by atoms with Crippen molar-refractivity contribution < 1.29 is 14.3 Å². The normalized spacial score (nSPS) is 19.5. The van der Waals surface area contributed by atoms with E-state index in [0.29, 0.717) is 18.7 Å². The molecule has 0 spiro atoms. The smallest absolute Gasteiger partial charge is 0.232 e. The summed E-state index contributed by atoms with van der Waals surface area (Å²) in [6, 6.07) is 5.50. The van der Waals surface area contributed by atoms with Gasteiger partial charge in [0.05, 0.1) is 13.7 Å². The zero-order chi connectivity index (χ0) is 13.3. The van der Waals surface area contributed by atoms with Gasteiger partial charge in [-0.15, -0.1) is 0 Å². The first kappa shape index (κ1) is 13.1. The van der Waals surface area contributed by atoms with E-state index in [1.807, 2.05) is 18.2 Å². The van der Waals surface area contributed by atoms with Gasteiger partial charge >= 0.3 is 0 Å². The zero-order valence-corrected chi connectivity index (χ0v) is 11.9. The van der Waals surface area contributed by atoms with Crippen molar-refractivity contribution in [1.82, 2.24) is 4.90 Å². The van der Waals surface area contributed by atoms with Crippen LogP contribution in [0.25, 0.3) is 0 Å². The number of methoxy groups -OCH3 is 1. The van der Waals surface area contributed by atoms with E-state index in [2.05, 4.69) is 15.9 Å². The average molecular weight is 312 g/mol. The summed E-state index contributed by atoms with van der Waals surface area (Å²) in [7, 11) is 1.58. The first-order valence-electron chi connectivity index (χ1n) is 5.69. The molecule has 1 fully saturated rings. The van der Waals surface area contributed by atoms with E-state index in [9.17, 15) is 9.59 Å². The SMILES string of the molecule is COc1ccc(Br)c(CN2C(=O)CC(C)C2=O)c1. The highest BCUT2D eigenvalue weighted by atomic mass is 79.9. The van der Waals surface area contributed by atoms with Gasteiger partial charge in [-0.2, -0.15) is 0 Å². The molecular weight excluding hydrogens is 298 g/mol. The summed E-state index contributed by atoms with van der Waals surface area (Å²) in [6.07, 6.45) is 0.306. The highest BCUT2D eigenvalue weighted by Gasteiger charge is 2.35. The van der Waals surface area contributed by atoms with E-state index in [4.69, 9.17) is 4.74 Å². The molecule has 1 atom stereocenters. The van der Waals surface area contributed by atoms with Crippen molar-refractivity contribution in [2.45, 2.75) is 19.9 Å². The standard InChI is InChI=1S/C13H14BrNO3/c1-8-5-12(16)15(13(8)17)7-9-6-10(18-2)3-4-11(9)14/h3-4,6,8H,5,7H2,1-2H3. The zero-order valence-electron chi connectivity index (χ0n) is 10.3. The van der Waals surface area contributed by atoms with Crippen molar-refractivity contribution in [1.29, 1.82) is 0 Å². The molecule has 1 aliphatic heterocycles. The first-order valence-corrected chi connectivity index (χ1v) is 6.49. The summed E-state index contributed by atoms with van der Waals surface area (Å²) in [5.74, 6) is 0.291. The Labute approximate surface area is 114 Å². The van der Waals surface area contributed by atoms with E-state index in [0.717, 1.165) is 10.0 Å². The van der Waals surface area contributed by atoms with E-state index < -0.39 is 0 Å². The van der Waals surface area contributed by atoms with E-state index in [1.54, 1.807) is 14.0 Å². The number of carbonyl (C=O) groups is 2. The second-order valence-electron chi connectivity index (χ2n) is 4.38. The van der Waals surface area contributed by atoms with Crippen LogP contribution in [0.5, 0.6) is 5.75 Å². The molecule has 0 saturated carbocycles. The summed E-state index contributed by atoms with van der Waals surface area (Å²) >= 11 is 3.42. The van der Waals surface area contributed by atoms with Crippen LogP contribution in [0.15, 0.2) is 22.7 Å². The van der Waals surface area contributed by atoms with E-state index >= 15 is 0 Å². The lowest BCUT2D eigenvalue weighted by Crippen LogP contribution is -2.29. The number of benzene rings is 1. The number of imide groups is 1. The minimum atomic E-state index is -0.207. The quantitative estimate of drug-likeness (QED) is 0.805. The molecule has 2 amide bonds. The number of hydrogen-bond acceptors (Lipinski definition) is 3. The third-order valence-corrected chi connectivity index (χ3v) is 3.82. The highest BCUT2D eigenvalue weighted by molar-refractivity contribution is 9.10.